The zero-order valence-electron chi connectivity index (χ0n) is 15.7. The molecule has 3 amide bonds. The number of rotatable bonds is 2. The van der Waals surface area contributed by atoms with Gasteiger partial charge in [-0.15, -0.1) is 0 Å². The molecule has 2 aromatic heterocycles. The minimum absolute atomic E-state index is 0.115. The maximum atomic E-state index is 12.6. The highest BCUT2D eigenvalue weighted by Crippen LogP contribution is 2.18. The van der Waals surface area contributed by atoms with Gasteiger partial charge in [-0.1, -0.05) is 0 Å². The summed E-state index contributed by atoms with van der Waals surface area (Å²) < 4.78 is 8.26. The van der Waals surface area contributed by atoms with Gasteiger partial charge in [-0.3, -0.25) is 13.9 Å². The molecule has 1 aliphatic rings. The first kappa shape index (κ1) is 17.9. The molecule has 0 radical (unpaired) electrons. The third-order valence-electron chi connectivity index (χ3n) is 5.11. The maximum absolute atomic E-state index is 12.6. The maximum Gasteiger partial charge on any atom is 0.328 e. The molecule has 0 aliphatic carbocycles. The molecule has 1 aliphatic heterocycles. The van der Waals surface area contributed by atoms with Crippen LogP contribution in [0.3, 0.4) is 0 Å². The fourth-order valence-electron chi connectivity index (χ4n) is 3.46. The van der Waals surface area contributed by atoms with E-state index in [2.05, 4.69) is 5.32 Å². The van der Waals surface area contributed by atoms with E-state index in [9.17, 15) is 14.4 Å². The average molecular weight is 383 g/mol. The Morgan fingerprint density at radius 1 is 0.964 bits per heavy atom. The first-order chi connectivity index (χ1) is 13.5. The minimum Gasteiger partial charge on any atom is -0.459 e. The number of nitrogens with one attached hydrogen (secondary N) is 1. The van der Waals surface area contributed by atoms with Crippen molar-refractivity contribution in [3.05, 3.63) is 52.8 Å². The lowest BCUT2D eigenvalue weighted by atomic mass is 10.2. The molecule has 1 aromatic carbocycles. The van der Waals surface area contributed by atoms with Gasteiger partial charge >= 0.3 is 11.7 Å². The van der Waals surface area contributed by atoms with Gasteiger partial charge in [0.1, 0.15) is 0 Å². The molecule has 0 bridgehead atoms. The molecule has 28 heavy (non-hydrogen) atoms. The van der Waals surface area contributed by atoms with Crippen molar-refractivity contribution in [2.75, 3.05) is 31.5 Å². The summed E-state index contributed by atoms with van der Waals surface area (Å²) >= 11 is 0. The van der Waals surface area contributed by atoms with Crippen LogP contribution in [0.25, 0.3) is 11.0 Å². The van der Waals surface area contributed by atoms with Crippen LogP contribution >= 0.6 is 0 Å². The predicted molar refractivity (Wildman–Crippen MR) is 103 cm³/mol. The van der Waals surface area contributed by atoms with Gasteiger partial charge in [0.25, 0.3) is 5.91 Å². The number of nitrogens with zero attached hydrogens (tertiary/aromatic N) is 4. The number of piperazine rings is 1. The molecular weight excluding hydrogens is 362 g/mol. The molecule has 0 unspecified atom stereocenters. The van der Waals surface area contributed by atoms with Gasteiger partial charge in [0, 0.05) is 46.0 Å². The van der Waals surface area contributed by atoms with Crippen molar-refractivity contribution in [2.45, 2.75) is 0 Å². The lowest BCUT2D eigenvalue weighted by molar-refractivity contribution is 0.0640. The van der Waals surface area contributed by atoms with E-state index in [1.54, 1.807) is 57.3 Å². The number of aryl methyl sites for hydroxylation is 2. The normalized spacial score (nSPS) is 14.5. The number of benzene rings is 1. The molecule has 146 valence electrons. The van der Waals surface area contributed by atoms with E-state index in [-0.39, 0.29) is 17.6 Å². The number of carbonyl (C=O) groups excluding carboxylic acids is 2. The van der Waals surface area contributed by atoms with E-state index in [0.717, 1.165) is 11.0 Å². The van der Waals surface area contributed by atoms with E-state index in [1.165, 1.54) is 6.26 Å². The first-order valence-electron chi connectivity index (χ1n) is 9.00. The Labute approximate surface area is 160 Å². The number of aromatic nitrogens is 2. The SMILES string of the molecule is Cn1c(=O)n(C)c2cc(NC(=O)N3CCN(C(=O)c4ccco4)CC3)ccc21. The van der Waals surface area contributed by atoms with E-state index in [0.29, 0.717) is 37.6 Å². The summed E-state index contributed by atoms with van der Waals surface area (Å²) in [4.78, 5) is 40.3. The number of imidazole rings is 1. The highest BCUT2D eigenvalue weighted by atomic mass is 16.3. The molecule has 9 nitrogen and oxygen atoms in total. The highest BCUT2D eigenvalue weighted by molar-refractivity contribution is 5.93. The quantitative estimate of drug-likeness (QED) is 0.725. The smallest absolute Gasteiger partial charge is 0.328 e. The third-order valence-corrected chi connectivity index (χ3v) is 5.11. The molecule has 4 rings (SSSR count). The molecule has 1 fully saturated rings. The summed E-state index contributed by atoms with van der Waals surface area (Å²) in [7, 11) is 3.41. The van der Waals surface area contributed by atoms with Gasteiger partial charge in [-0.2, -0.15) is 0 Å². The Bertz CT molecular complexity index is 1090. The molecule has 3 heterocycles. The van der Waals surface area contributed by atoms with Crippen LogP contribution in [0.1, 0.15) is 10.6 Å². The second kappa shape index (κ2) is 6.91. The summed E-state index contributed by atoms with van der Waals surface area (Å²) in [5.41, 5.74) is 2.05. The van der Waals surface area contributed by atoms with Crippen molar-refractivity contribution < 1.29 is 14.0 Å². The van der Waals surface area contributed by atoms with E-state index in [1.807, 2.05) is 6.07 Å². The summed E-state index contributed by atoms with van der Waals surface area (Å²) in [6.07, 6.45) is 1.47. The second-order valence-electron chi connectivity index (χ2n) is 6.79. The van der Waals surface area contributed by atoms with E-state index in [4.69, 9.17) is 4.42 Å². The van der Waals surface area contributed by atoms with Crippen LogP contribution in [0.4, 0.5) is 10.5 Å². The molecule has 0 atom stereocenters. The largest absolute Gasteiger partial charge is 0.459 e. The highest BCUT2D eigenvalue weighted by Gasteiger charge is 2.26. The van der Waals surface area contributed by atoms with Gasteiger partial charge in [0.2, 0.25) is 0 Å². The predicted octanol–water partition coefficient (Wildman–Crippen LogP) is 1.46. The van der Waals surface area contributed by atoms with Crippen molar-refractivity contribution in [1.29, 1.82) is 0 Å². The average Bonchev–Trinajstić information content (AvgIpc) is 3.32. The molecule has 0 spiro atoms. The first-order valence-corrected chi connectivity index (χ1v) is 9.00. The van der Waals surface area contributed by atoms with Gasteiger partial charge in [0.05, 0.1) is 17.3 Å². The van der Waals surface area contributed by atoms with Crippen molar-refractivity contribution in [3.63, 3.8) is 0 Å². The molecule has 1 N–H and O–H groups in total. The summed E-state index contributed by atoms with van der Waals surface area (Å²) in [6.45, 7) is 1.76. The second-order valence-corrected chi connectivity index (χ2v) is 6.79. The summed E-state index contributed by atoms with van der Waals surface area (Å²) in [5.74, 6) is 0.139. The summed E-state index contributed by atoms with van der Waals surface area (Å²) in [5, 5.41) is 2.87. The molecule has 9 heteroatoms. The number of amides is 3. The number of hydrogen-bond donors (Lipinski definition) is 1. The minimum atomic E-state index is -0.231. The monoisotopic (exact) mass is 383 g/mol. The molecule has 0 saturated carbocycles. The zero-order chi connectivity index (χ0) is 19.8. The fourth-order valence-corrected chi connectivity index (χ4v) is 3.46. The topological polar surface area (TPSA) is 92.7 Å². The van der Waals surface area contributed by atoms with Crippen LogP contribution in [0.5, 0.6) is 0 Å². The summed E-state index contributed by atoms with van der Waals surface area (Å²) in [6, 6.07) is 8.45. The Kier molecular flexibility index (Phi) is 4.42. The van der Waals surface area contributed by atoms with Crippen molar-refractivity contribution in [2.24, 2.45) is 14.1 Å². The molecule has 1 saturated heterocycles. The third kappa shape index (κ3) is 3.04. The van der Waals surface area contributed by atoms with E-state index < -0.39 is 0 Å². The van der Waals surface area contributed by atoms with Crippen LogP contribution < -0.4 is 11.0 Å². The number of anilines is 1. The number of fused-ring (bicyclic) bond motifs is 1. The van der Waals surface area contributed by atoms with Gasteiger partial charge in [-0.25, -0.2) is 9.59 Å². The van der Waals surface area contributed by atoms with Crippen LogP contribution in [-0.4, -0.2) is 57.1 Å². The van der Waals surface area contributed by atoms with Gasteiger partial charge in [0.15, 0.2) is 5.76 Å². The standard InChI is InChI=1S/C19H21N5O4/c1-21-14-6-5-13(12-15(14)22(2)19(21)27)20-18(26)24-9-7-23(8-10-24)17(25)16-4-3-11-28-16/h3-6,11-12H,7-10H2,1-2H3,(H,20,26). The Morgan fingerprint density at radius 3 is 2.32 bits per heavy atom. The van der Waals surface area contributed by atoms with Gasteiger partial charge in [-0.05, 0) is 30.3 Å². The Hall–Kier alpha value is -3.49. The number of furan rings is 1. The van der Waals surface area contributed by atoms with Crippen LogP contribution in [0.2, 0.25) is 0 Å². The number of carbonyl (C=O) groups is 2. The Balaban J connectivity index is 1.41. The fraction of sp³-hybridized carbons (Fsp3) is 0.316. The number of urea groups is 1. The van der Waals surface area contributed by atoms with Crippen LogP contribution in [0, 0.1) is 0 Å². The zero-order valence-corrected chi connectivity index (χ0v) is 15.7. The lowest BCUT2D eigenvalue weighted by Gasteiger charge is -2.34. The number of hydrogen-bond acceptors (Lipinski definition) is 4. The van der Waals surface area contributed by atoms with Crippen molar-refractivity contribution in [3.8, 4) is 0 Å². The van der Waals surface area contributed by atoms with Gasteiger partial charge < -0.3 is 19.5 Å². The Morgan fingerprint density at radius 2 is 1.64 bits per heavy atom. The lowest BCUT2D eigenvalue weighted by Crippen LogP contribution is -2.51. The van der Waals surface area contributed by atoms with Crippen LogP contribution in [-0.2, 0) is 14.1 Å². The van der Waals surface area contributed by atoms with Crippen molar-refractivity contribution >= 4 is 28.7 Å². The molecule has 3 aromatic rings. The van der Waals surface area contributed by atoms with Crippen LogP contribution in [0.15, 0.2) is 45.8 Å². The van der Waals surface area contributed by atoms with E-state index >= 15 is 0 Å². The molecular formula is C19H21N5O4. The van der Waals surface area contributed by atoms with Crippen molar-refractivity contribution in [1.82, 2.24) is 18.9 Å².